The van der Waals surface area contributed by atoms with Crippen LogP contribution in [0.5, 0.6) is 0 Å². The van der Waals surface area contributed by atoms with Gasteiger partial charge in [0, 0.05) is 12.1 Å². The molecule has 0 amide bonds. The third-order valence-electron chi connectivity index (χ3n) is 2.21. The highest BCUT2D eigenvalue weighted by molar-refractivity contribution is 7.85. The molecule has 0 heterocycles. The highest BCUT2D eigenvalue weighted by Crippen LogP contribution is 1.96. The zero-order valence-electron chi connectivity index (χ0n) is 10.9. The number of carbonyl (C=O) groups is 1. The minimum absolute atomic E-state index is 0.234. The van der Waals surface area contributed by atoms with Crippen LogP contribution in [-0.2, 0) is 19.6 Å². The first-order valence-corrected chi connectivity index (χ1v) is 7.29. The van der Waals surface area contributed by atoms with E-state index in [2.05, 4.69) is 6.58 Å². The maximum absolute atomic E-state index is 11.0. The Morgan fingerprint density at radius 1 is 1.33 bits per heavy atom. The van der Waals surface area contributed by atoms with Gasteiger partial charge in [0.2, 0.25) is 0 Å². The first-order valence-electron chi connectivity index (χ1n) is 5.68. The normalized spacial score (nSPS) is 11.6. The molecule has 0 rings (SSSR count). The summed E-state index contributed by atoms with van der Waals surface area (Å²) in [6.07, 6.45) is 1.04. The van der Waals surface area contributed by atoms with Gasteiger partial charge < -0.3 is 9.64 Å². The van der Waals surface area contributed by atoms with E-state index in [1.807, 2.05) is 11.9 Å². The van der Waals surface area contributed by atoms with E-state index in [1.54, 1.807) is 6.92 Å². The molecule has 0 fully saturated rings. The summed E-state index contributed by atoms with van der Waals surface area (Å²) in [4.78, 5) is 13.0. The molecule has 0 aliphatic carbocycles. The van der Waals surface area contributed by atoms with Crippen molar-refractivity contribution in [1.29, 1.82) is 0 Å². The summed E-state index contributed by atoms with van der Waals surface area (Å²) in [5.74, 6) is -0.633. The van der Waals surface area contributed by atoms with E-state index in [9.17, 15) is 13.2 Å². The Balaban J connectivity index is 3.57. The molecular formula is C11H21NO5S. The number of carbonyl (C=O) groups excluding carboxylic acids is 1. The van der Waals surface area contributed by atoms with Gasteiger partial charge in [0.25, 0.3) is 10.1 Å². The van der Waals surface area contributed by atoms with Crippen LogP contribution in [0.1, 0.15) is 19.8 Å². The fraction of sp³-hybridized carbons (Fsp3) is 0.727. The second-order valence-electron chi connectivity index (χ2n) is 4.21. The molecule has 18 heavy (non-hydrogen) atoms. The Bertz CT molecular complexity index is 377. The lowest BCUT2D eigenvalue weighted by Crippen LogP contribution is -2.24. The van der Waals surface area contributed by atoms with Crippen molar-refractivity contribution in [3.05, 3.63) is 12.2 Å². The van der Waals surface area contributed by atoms with Crippen LogP contribution in [0.4, 0.5) is 0 Å². The van der Waals surface area contributed by atoms with Gasteiger partial charge in [-0.1, -0.05) is 6.58 Å². The molecule has 6 nitrogen and oxygen atoms in total. The number of esters is 1. The van der Waals surface area contributed by atoms with E-state index < -0.39 is 16.1 Å². The predicted octanol–water partition coefficient (Wildman–Crippen LogP) is 0.706. The lowest BCUT2D eigenvalue weighted by Gasteiger charge is -2.15. The van der Waals surface area contributed by atoms with Gasteiger partial charge in [0.05, 0.1) is 12.4 Å². The largest absolute Gasteiger partial charge is 0.462 e. The predicted molar refractivity (Wildman–Crippen MR) is 68.9 cm³/mol. The molecule has 0 spiro atoms. The Morgan fingerprint density at radius 2 is 1.89 bits per heavy atom. The van der Waals surface area contributed by atoms with E-state index in [0.29, 0.717) is 38.1 Å². The topological polar surface area (TPSA) is 83.9 Å². The highest BCUT2D eigenvalue weighted by atomic mass is 32.2. The zero-order chi connectivity index (χ0) is 14.2. The van der Waals surface area contributed by atoms with Crippen molar-refractivity contribution in [3.63, 3.8) is 0 Å². The molecule has 0 unspecified atom stereocenters. The summed E-state index contributed by atoms with van der Waals surface area (Å²) >= 11 is 0. The number of nitrogens with zero attached hydrogens (tertiary/aromatic N) is 1. The monoisotopic (exact) mass is 279 g/mol. The van der Waals surface area contributed by atoms with E-state index in [4.69, 9.17) is 9.29 Å². The summed E-state index contributed by atoms with van der Waals surface area (Å²) in [5, 5.41) is 0. The molecule has 0 saturated heterocycles. The molecule has 0 atom stereocenters. The highest BCUT2D eigenvalue weighted by Gasteiger charge is 2.06. The third kappa shape index (κ3) is 10.2. The van der Waals surface area contributed by atoms with Crippen molar-refractivity contribution in [2.75, 3.05) is 32.5 Å². The second-order valence-corrected chi connectivity index (χ2v) is 5.78. The maximum Gasteiger partial charge on any atom is 0.333 e. The van der Waals surface area contributed by atoms with Crippen molar-refractivity contribution in [2.45, 2.75) is 19.8 Å². The Morgan fingerprint density at radius 3 is 2.39 bits per heavy atom. The number of ether oxygens (including phenoxy) is 1. The van der Waals surface area contributed by atoms with Crippen molar-refractivity contribution in [2.24, 2.45) is 0 Å². The summed E-state index contributed by atoms with van der Waals surface area (Å²) < 4.78 is 34.4. The zero-order valence-corrected chi connectivity index (χ0v) is 11.7. The number of rotatable bonds is 9. The summed E-state index contributed by atoms with van der Waals surface area (Å²) in [5.41, 5.74) is 0.372. The van der Waals surface area contributed by atoms with Crippen LogP contribution >= 0.6 is 0 Å². The van der Waals surface area contributed by atoms with Gasteiger partial charge in [-0.05, 0) is 33.4 Å². The van der Waals surface area contributed by atoms with E-state index in [0.717, 1.165) is 0 Å². The smallest absolute Gasteiger partial charge is 0.333 e. The van der Waals surface area contributed by atoms with Crippen LogP contribution in [0.25, 0.3) is 0 Å². The minimum atomic E-state index is -3.87. The third-order valence-corrected chi connectivity index (χ3v) is 3.01. The summed E-state index contributed by atoms with van der Waals surface area (Å²) in [6, 6.07) is 0. The van der Waals surface area contributed by atoms with Crippen molar-refractivity contribution in [1.82, 2.24) is 4.90 Å². The van der Waals surface area contributed by atoms with Crippen LogP contribution in [0, 0.1) is 0 Å². The SMILES string of the molecule is C=C(C)C(=O)OCCCN(C)CCCS(=O)(=O)O. The fourth-order valence-corrected chi connectivity index (χ4v) is 1.75. The van der Waals surface area contributed by atoms with Gasteiger partial charge in [-0.3, -0.25) is 4.55 Å². The molecule has 0 saturated carbocycles. The van der Waals surface area contributed by atoms with E-state index >= 15 is 0 Å². The van der Waals surface area contributed by atoms with Gasteiger partial charge in [-0.25, -0.2) is 4.79 Å². The molecule has 0 radical (unpaired) electrons. The van der Waals surface area contributed by atoms with Crippen molar-refractivity contribution < 1.29 is 22.5 Å². The van der Waals surface area contributed by atoms with E-state index in [1.165, 1.54) is 0 Å². The van der Waals surface area contributed by atoms with Crippen LogP contribution < -0.4 is 0 Å². The van der Waals surface area contributed by atoms with Gasteiger partial charge in [0.1, 0.15) is 0 Å². The molecular weight excluding hydrogens is 258 g/mol. The molecule has 1 N–H and O–H groups in total. The lowest BCUT2D eigenvalue weighted by molar-refractivity contribution is -0.139. The van der Waals surface area contributed by atoms with Gasteiger partial charge in [-0.15, -0.1) is 0 Å². The van der Waals surface area contributed by atoms with Gasteiger partial charge >= 0.3 is 5.97 Å². The molecule has 0 aromatic carbocycles. The Kier molecular flexibility index (Phi) is 7.81. The Labute approximate surface area is 108 Å². The van der Waals surface area contributed by atoms with Crippen LogP contribution in [0.3, 0.4) is 0 Å². The minimum Gasteiger partial charge on any atom is -0.462 e. The van der Waals surface area contributed by atoms with Crippen LogP contribution in [0.15, 0.2) is 12.2 Å². The van der Waals surface area contributed by atoms with Crippen molar-refractivity contribution in [3.8, 4) is 0 Å². The quantitative estimate of drug-likeness (QED) is 0.289. The maximum atomic E-state index is 11.0. The Hall–Kier alpha value is -0.920. The average Bonchev–Trinajstić information content (AvgIpc) is 2.22. The molecule has 0 aliphatic heterocycles. The molecule has 0 bridgehead atoms. The van der Waals surface area contributed by atoms with Crippen LogP contribution in [-0.4, -0.2) is 56.3 Å². The second kappa shape index (κ2) is 8.23. The molecule has 106 valence electrons. The summed E-state index contributed by atoms with van der Waals surface area (Å²) in [6.45, 7) is 6.62. The van der Waals surface area contributed by atoms with Gasteiger partial charge in [-0.2, -0.15) is 8.42 Å². The molecule has 0 aliphatic rings. The molecule has 7 heteroatoms. The average molecular weight is 279 g/mol. The lowest BCUT2D eigenvalue weighted by atomic mass is 10.3. The van der Waals surface area contributed by atoms with Crippen molar-refractivity contribution >= 4 is 16.1 Å². The molecule has 0 aromatic heterocycles. The van der Waals surface area contributed by atoms with Crippen LogP contribution in [0.2, 0.25) is 0 Å². The number of hydrogen-bond acceptors (Lipinski definition) is 5. The van der Waals surface area contributed by atoms with Gasteiger partial charge in [0.15, 0.2) is 0 Å². The standard InChI is InChI=1S/C11H21NO5S/c1-10(2)11(13)17-8-4-6-12(3)7-5-9-18(14,15)16/h1,4-9H2,2-3H3,(H,14,15,16). The summed E-state index contributed by atoms with van der Waals surface area (Å²) in [7, 11) is -2.03. The first-order chi connectivity index (χ1) is 8.22. The number of hydrogen-bond donors (Lipinski definition) is 1. The molecule has 0 aromatic rings. The van der Waals surface area contributed by atoms with E-state index in [-0.39, 0.29) is 5.75 Å². The fourth-order valence-electron chi connectivity index (χ4n) is 1.25. The first kappa shape index (κ1) is 17.1.